The van der Waals surface area contributed by atoms with E-state index in [0.717, 1.165) is 21.7 Å². The average molecular weight is 380 g/mol. The molecule has 4 N–H and O–H groups in total. The Kier molecular flexibility index (Phi) is 4.22. The van der Waals surface area contributed by atoms with Gasteiger partial charge in [-0.2, -0.15) is 5.26 Å². The Balaban J connectivity index is 1.93. The van der Waals surface area contributed by atoms with Gasteiger partial charge in [0.25, 0.3) is 0 Å². The van der Waals surface area contributed by atoms with E-state index in [4.69, 9.17) is 15.2 Å². The lowest BCUT2D eigenvalue weighted by molar-refractivity contribution is 0.317. The molecule has 0 saturated carbocycles. The summed E-state index contributed by atoms with van der Waals surface area (Å²) in [4.78, 5) is 0.971. The van der Waals surface area contributed by atoms with Gasteiger partial charge in [0.15, 0.2) is 11.5 Å². The van der Waals surface area contributed by atoms with Crippen LogP contribution in [0.5, 0.6) is 17.4 Å². The van der Waals surface area contributed by atoms with Crippen LogP contribution in [0.4, 0.5) is 0 Å². The molecule has 0 amide bonds. The highest BCUT2D eigenvalue weighted by Crippen LogP contribution is 2.47. The zero-order valence-corrected chi connectivity index (χ0v) is 15.2. The van der Waals surface area contributed by atoms with Gasteiger partial charge in [-0.3, -0.25) is 5.10 Å². The molecule has 4 rings (SSSR count). The second-order valence-corrected chi connectivity index (χ2v) is 6.83. The maximum absolute atomic E-state index is 10.0. The fourth-order valence-corrected chi connectivity index (χ4v) is 3.90. The van der Waals surface area contributed by atoms with E-state index in [9.17, 15) is 10.4 Å². The summed E-state index contributed by atoms with van der Waals surface area (Å²) < 4.78 is 11.1. The summed E-state index contributed by atoms with van der Waals surface area (Å²) in [7, 11) is 0. The Morgan fingerprint density at radius 3 is 3.00 bits per heavy atom. The number of H-pyrrole nitrogens is 1. The minimum absolute atomic E-state index is 0.0188. The first-order valence-electron chi connectivity index (χ1n) is 8.29. The van der Waals surface area contributed by atoms with Crippen molar-refractivity contribution < 1.29 is 14.6 Å². The number of benzene rings is 1. The number of aromatic amines is 1. The summed E-state index contributed by atoms with van der Waals surface area (Å²) in [5.41, 5.74) is 8.53. The Morgan fingerprint density at radius 2 is 2.30 bits per heavy atom. The highest BCUT2D eigenvalue weighted by molar-refractivity contribution is 7.13. The highest BCUT2D eigenvalue weighted by Gasteiger charge is 2.36. The van der Waals surface area contributed by atoms with Gasteiger partial charge < -0.3 is 20.3 Å². The van der Waals surface area contributed by atoms with Crippen LogP contribution in [-0.2, 0) is 0 Å². The van der Waals surface area contributed by atoms with Gasteiger partial charge in [-0.15, -0.1) is 16.4 Å². The Labute approximate surface area is 159 Å². The topological polar surface area (TPSA) is 117 Å². The van der Waals surface area contributed by atoms with Crippen molar-refractivity contribution in [2.24, 2.45) is 5.73 Å². The molecule has 3 aromatic rings. The van der Waals surface area contributed by atoms with Crippen LogP contribution >= 0.6 is 11.3 Å². The largest absolute Gasteiger partial charge is 0.504 e. The number of allylic oxidation sites excluding steroid dienone is 1. The minimum Gasteiger partial charge on any atom is -0.504 e. The molecule has 1 atom stereocenters. The van der Waals surface area contributed by atoms with Crippen LogP contribution in [0, 0.1) is 11.3 Å². The molecule has 0 bridgehead atoms. The van der Waals surface area contributed by atoms with Crippen molar-refractivity contribution in [2.45, 2.75) is 12.8 Å². The van der Waals surface area contributed by atoms with E-state index in [1.807, 2.05) is 24.4 Å². The van der Waals surface area contributed by atoms with E-state index >= 15 is 0 Å². The van der Waals surface area contributed by atoms with E-state index in [1.165, 1.54) is 0 Å². The van der Waals surface area contributed by atoms with Gasteiger partial charge in [0, 0.05) is 0 Å². The van der Waals surface area contributed by atoms with E-state index in [0.29, 0.717) is 18.2 Å². The highest BCUT2D eigenvalue weighted by atomic mass is 32.1. The first-order chi connectivity index (χ1) is 13.1. The number of phenols is 1. The maximum Gasteiger partial charge on any atom is 0.244 e. The van der Waals surface area contributed by atoms with Gasteiger partial charge >= 0.3 is 0 Å². The molecule has 1 aliphatic heterocycles. The second-order valence-electron chi connectivity index (χ2n) is 5.88. The zero-order valence-electron chi connectivity index (χ0n) is 14.4. The third kappa shape index (κ3) is 2.78. The van der Waals surface area contributed by atoms with Gasteiger partial charge in [-0.25, -0.2) is 0 Å². The summed E-state index contributed by atoms with van der Waals surface area (Å²) in [6, 6.07) is 11.1. The Morgan fingerprint density at radius 1 is 1.44 bits per heavy atom. The number of nitrogens with two attached hydrogens (primary N) is 1. The first kappa shape index (κ1) is 17.0. The monoisotopic (exact) mass is 380 g/mol. The SMILES string of the molecule is CCOc1cc([C@@H]2C(C#N)=C(N)Oc3n[nH]c(-c4cccs4)c32)ccc1O. The van der Waals surface area contributed by atoms with Crippen molar-refractivity contribution in [1.82, 2.24) is 10.2 Å². The number of aromatic nitrogens is 2. The van der Waals surface area contributed by atoms with Crippen LogP contribution in [0.15, 0.2) is 47.2 Å². The average Bonchev–Trinajstić information content (AvgIpc) is 3.32. The summed E-state index contributed by atoms with van der Waals surface area (Å²) in [5, 5.41) is 29.0. The third-order valence-electron chi connectivity index (χ3n) is 4.32. The molecule has 0 radical (unpaired) electrons. The number of nitriles is 1. The van der Waals surface area contributed by atoms with E-state index in [-0.39, 0.29) is 17.2 Å². The van der Waals surface area contributed by atoms with Crippen LogP contribution in [0.1, 0.15) is 24.0 Å². The van der Waals surface area contributed by atoms with Gasteiger partial charge in [0.1, 0.15) is 11.6 Å². The molecule has 136 valence electrons. The summed E-state index contributed by atoms with van der Waals surface area (Å²) >= 11 is 1.55. The molecule has 0 spiro atoms. The number of phenolic OH excluding ortho intramolecular Hbond substituents is 1. The number of aromatic hydroxyl groups is 1. The second kappa shape index (κ2) is 6.70. The molecular weight excluding hydrogens is 364 g/mol. The number of nitrogens with zero attached hydrogens (tertiary/aromatic N) is 2. The number of ether oxygens (including phenoxy) is 2. The summed E-state index contributed by atoms with van der Waals surface area (Å²) in [6.45, 7) is 2.24. The lowest BCUT2D eigenvalue weighted by Gasteiger charge is -2.24. The number of nitrogens with one attached hydrogen (secondary N) is 1. The van der Waals surface area contributed by atoms with Crippen molar-refractivity contribution in [1.29, 1.82) is 5.26 Å². The van der Waals surface area contributed by atoms with Crippen LogP contribution in [-0.4, -0.2) is 21.9 Å². The van der Waals surface area contributed by atoms with Crippen LogP contribution in [0.3, 0.4) is 0 Å². The molecule has 8 heteroatoms. The predicted molar refractivity (Wildman–Crippen MR) is 100 cm³/mol. The van der Waals surface area contributed by atoms with Crippen molar-refractivity contribution in [2.75, 3.05) is 6.61 Å². The number of rotatable bonds is 4. The van der Waals surface area contributed by atoms with E-state index in [1.54, 1.807) is 29.5 Å². The number of hydrogen-bond donors (Lipinski definition) is 3. The fourth-order valence-electron chi connectivity index (χ4n) is 3.17. The molecule has 2 aromatic heterocycles. The molecule has 27 heavy (non-hydrogen) atoms. The molecule has 3 heterocycles. The number of hydrogen-bond acceptors (Lipinski definition) is 7. The zero-order chi connectivity index (χ0) is 19.0. The summed E-state index contributed by atoms with van der Waals surface area (Å²) in [5.74, 6) is 0.250. The Bertz CT molecular complexity index is 1060. The standard InChI is InChI=1S/C19H16N4O3S/c1-2-25-13-8-10(5-6-12(13)24)15-11(9-20)18(21)26-19-16(15)17(22-23-19)14-4-3-7-27-14/h3-8,15,24H,2,21H2,1H3,(H,22,23)/t15-/m1/s1. The van der Waals surface area contributed by atoms with Crippen molar-refractivity contribution in [3.8, 4) is 34.0 Å². The van der Waals surface area contributed by atoms with Gasteiger partial charge in [0.05, 0.1) is 28.7 Å². The van der Waals surface area contributed by atoms with Crippen molar-refractivity contribution >= 4 is 11.3 Å². The van der Waals surface area contributed by atoms with Crippen molar-refractivity contribution in [3.05, 3.63) is 58.3 Å². The summed E-state index contributed by atoms with van der Waals surface area (Å²) in [6.07, 6.45) is 0. The van der Waals surface area contributed by atoms with Gasteiger partial charge in [0.2, 0.25) is 11.8 Å². The molecule has 0 saturated heterocycles. The number of thiophene rings is 1. The molecule has 0 aliphatic carbocycles. The smallest absolute Gasteiger partial charge is 0.244 e. The molecule has 0 unspecified atom stereocenters. The molecular formula is C19H16N4O3S. The van der Waals surface area contributed by atoms with E-state index < -0.39 is 5.92 Å². The molecule has 0 fully saturated rings. The lowest BCUT2D eigenvalue weighted by Crippen LogP contribution is -2.21. The van der Waals surface area contributed by atoms with E-state index in [2.05, 4.69) is 16.3 Å². The van der Waals surface area contributed by atoms with Crippen LogP contribution < -0.4 is 15.2 Å². The lowest BCUT2D eigenvalue weighted by atomic mass is 9.83. The van der Waals surface area contributed by atoms with Crippen LogP contribution in [0.2, 0.25) is 0 Å². The number of fused-ring (bicyclic) bond motifs is 1. The third-order valence-corrected chi connectivity index (χ3v) is 5.21. The normalized spacial score (nSPS) is 15.8. The molecule has 7 nitrogen and oxygen atoms in total. The molecule has 1 aliphatic rings. The maximum atomic E-state index is 10.0. The van der Waals surface area contributed by atoms with Gasteiger partial charge in [-0.1, -0.05) is 12.1 Å². The van der Waals surface area contributed by atoms with Crippen molar-refractivity contribution in [3.63, 3.8) is 0 Å². The predicted octanol–water partition coefficient (Wildman–Crippen LogP) is 3.46. The van der Waals surface area contributed by atoms with Crippen LogP contribution in [0.25, 0.3) is 10.6 Å². The minimum atomic E-state index is -0.491. The quantitative estimate of drug-likeness (QED) is 0.638. The Hall–Kier alpha value is -3.44. The van der Waals surface area contributed by atoms with Gasteiger partial charge in [-0.05, 0) is 36.1 Å². The first-order valence-corrected chi connectivity index (χ1v) is 9.17. The molecule has 1 aromatic carbocycles. The fraction of sp³-hybridized carbons (Fsp3) is 0.158.